The Hall–Kier alpha value is -2.48. The predicted molar refractivity (Wildman–Crippen MR) is 131 cm³/mol. The van der Waals surface area contributed by atoms with Gasteiger partial charge in [-0.15, -0.1) is 0 Å². The quantitative estimate of drug-likeness (QED) is 0.580. The number of hydrogen-bond donors (Lipinski definition) is 1. The lowest BCUT2D eigenvalue weighted by Crippen LogP contribution is -2.39. The molecule has 7 heteroatoms. The molecule has 1 saturated heterocycles. The van der Waals surface area contributed by atoms with Gasteiger partial charge < -0.3 is 9.72 Å². The van der Waals surface area contributed by atoms with Crippen LogP contribution in [0.3, 0.4) is 0 Å². The summed E-state index contributed by atoms with van der Waals surface area (Å²) >= 11 is 0. The minimum Gasteiger partial charge on any atom is -0.377 e. The van der Waals surface area contributed by atoms with E-state index < -0.39 is 10.0 Å². The molecule has 1 fully saturated rings. The molecular formula is C26H32N2O4S. The Labute approximate surface area is 195 Å². The standard InChI is InChI=1S/C26H32N2O4S/c1-16-10-19(4)25(20(5)11-16)33(30,31)28(15-22-7-6-8-32-22)14-21-13-23-18(3)9-17(2)12-24(23)27-26(21)29/h9-13,22H,6-8,14-15H2,1-5H3,(H,27,29)/t22-/m0/s1. The molecule has 176 valence electrons. The van der Waals surface area contributed by atoms with E-state index in [9.17, 15) is 13.2 Å². The zero-order chi connectivity index (χ0) is 23.9. The van der Waals surface area contributed by atoms with Gasteiger partial charge in [0.2, 0.25) is 10.0 Å². The molecule has 33 heavy (non-hydrogen) atoms. The summed E-state index contributed by atoms with van der Waals surface area (Å²) in [6.45, 7) is 10.4. The summed E-state index contributed by atoms with van der Waals surface area (Å²) in [5.74, 6) is 0. The molecule has 4 rings (SSSR count). The van der Waals surface area contributed by atoms with Crippen molar-refractivity contribution < 1.29 is 13.2 Å². The third-order valence-corrected chi connectivity index (χ3v) is 8.49. The summed E-state index contributed by atoms with van der Waals surface area (Å²) in [4.78, 5) is 16.2. The predicted octanol–water partition coefficient (Wildman–Crippen LogP) is 4.44. The SMILES string of the molecule is Cc1cc(C)c(S(=O)(=O)N(Cc2cc3c(C)cc(C)cc3[nH]c2=O)C[C@@H]2CCCO2)c(C)c1. The molecule has 1 atom stereocenters. The zero-order valence-electron chi connectivity index (χ0n) is 20.0. The van der Waals surface area contributed by atoms with Crippen LogP contribution in [0.2, 0.25) is 0 Å². The fourth-order valence-corrected chi connectivity index (χ4v) is 6.85. The highest BCUT2D eigenvalue weighted by Crippen LogP contribution is 2.28. The molecule has 0 aliphatic carbocycles. The smallest absolute Gasteiger partial charge is 0.252 e. The number of ether oxygens (including phenoxy) is 1. The molecule has 2 aromatic carbocycles. The van der Waals surface area contributed by atoms with Gasteiger partial charge in [0.1, 0.15) is 0 Å². The van der Waals surface area contributed by atoms with Gasteiger partial charge in [0.25, 0.3) is 5.56 Å². The van der Waals surface area contributed by atoms with E-state index >= 15 is 0 Å². The lowest BCUT2D eigenvalue weighted by atomic mass is 10.0. The van der Waals surface area contributed by atoms with Gasteiger partial charge in [0.05, 0.1) is 11.0 Å². The van der Waals surface area contributed by atoms with Gasteiger partial charge in [-0.05, 0) is 81.8 Å². The first-order chi connectivity index (χ1) is 15.6. The van der Waals surface area contributed by atoms with Crippen molar-refractivity contribution in [3.05, 3.63) is 74.1 Å². The van der Waals surface area contributed by atoms with Gasteiger partial charge >= 0.3 is 0 Å². The molecule has 1 N–H and O–H groups in total. The molecule has 2 heterocycles. The van der Waals surface area contributed by atoms with Crippen molar-refractivity contribution in [3.8, 4) is 0 Å². The third-order valence-electron chi connectivity index (χ3n) is 6.37. The van der Waals surface area contributed by atoms with Gasteiger partial charge in [0.15, 0.2) is 0 Å². The molecule has 0 unspecified atom stereocenters. The molecule has 1 aliphatic heterocycles. The fraction of sp³-hybridized carbons (Fsp3) is 0.423. The van der Waals surface area contributed by atoms with Crippen LogP contribution in [0.15, 0.2) is 40.0 Å². The minimum absolute atomic E-state index is 0.00641. The number of fused-ring (bicyclic) bond motifs is 1. The van der Waals surface area contributed by atoms with Crippen LogP contribution in [0, 0.1) is 34.6 Å². The monoisotopic (exact) mass is 468 g/mol. The van der Waals surface area contributed by atoms with E-state index in [1.807, 2.05) is 58.9 Å². The van der Waals surface area contributed by atoms with Crippen molar-refractivity contribution in [1.82, 2.24) is 9.29 Å². The lowest BCUT2D eigenvalue weighted by molar-refractivity contribution is 0.0925. The number of benzene rings is 2. The number of aryl methyl sites for hydroxylation is 5. The van der Waals surface area contributed by atoms with Crippen molar-refractivity contribution in [2.24, 2.45) is 0 Å². The summed E-state index contributed by atoms with van der Waals surface area (Å²) in [6, 6.07) is 9.60. The topological polar surface area (TPSA) is 79.5 Å². The van der Waals surface area contributed by atoms with Crippen molar-refractivity contribution in [3.63, 3.8) is 0 Å². The second kappa shape index (κ2) is 9.05. The number of H-pyrrole nitrogens is 1. The first-order valence-corrected chi connectivity index (χ1v) is 12.8. The fourth-order valence-electron chi connectivity index (χ4n) is 4.99. The number of hydrogen-bond acceptors (Lipinski definition) is 4. The van der Waals surface area contributed by atoms with E-state index in [1.165, 1.54) is 4.31 Å². The summed E-state index contributed by atoms with van der Waals surface area (Å²) in [5.41, 5.74) is 5.48. The number of pyridine rings is 1. The van der Waals surface area contributed by atoms with Gasteiger partial charge in [-0.2, -0.15) is 4.31 Å². The lowest BCUT2D eigenvalue weighted by Gasteiger charge is -2.26. The van der Waals surface area contributed by atoms with E-state index in [2.05, 4.69) is 11.1 Å². The molecule has 0 radical (unpaired) electrons. The molecule has 1 aliphatic rings. The Morgan fingerprint density at radius 2 is 1.61 bits per heavy atom. The molecule has 0 amide bonds. The van der Waals surface area contributed by atoms with Gasteiger partial charge in [-0.3, -0.25) is 4.79 Å². The van der Waals surface area contributed by atoms with E-state index in [1.54, 1.807) is 0 Å². The highest BCUT2D eigenvalue weighted by molar-refractivity contribution is 7.89. The van der Waals surface area contributed by atoms with Crippen LogP contribution in [-0.2, 0) is 21.3 Å². The number of aromatic amines is 1. The summed E-state index contributed by atoms with van der Waals surface area (Å²) < 4.78 is 35.0. The van der Waals surface area contributed by atoms with Crippen molar-refractivity contribution in [1.29, 1.82) is 0 Å². The Morgan fingerprint density at radius 3 is 2.24 bits per heavy atom. The summed E-state index contributed by atoms with van der Waals surface area (Å²) in [7, 11) is -3.85. The number of sulfonamides is 1. The zero-order valence-corrected chi connectivity index (χ0v) is 20.8. The van der Waals surface area contributed by atoms with Crippen molar-refractivity contribution in [2.45, 2.75) is 65.0 Å². The molecule has 0 bridgehead atoms. The second-order valence-electron chi connectivity index (χ2n) is 9.33. The van der Waals surface area contributed by atoms with E-state index in [4.69, 9.17) is 4.74 Å². The maximum atomic E-state index is 13.9. The maximum absolute atomic E-state index is 13.9. The van der Waals surface area contributed by atoms with Gasteiger partial charge in [-0.25, -0.2) is 8.42 Å². The Bertz CT molecular complexity index is 1350. The number of rotatable bonds is 6. The molecular weight excluding hydrogens is 436 g/mol. The van der Waals surface area contributed by atoms with E-state index in [-0.39, 0.29) is 24.8 Å². The molecule has 6 nitrogen and oxygen atoms in total. The first-order valence-electron chi connectivity index (χ1n) is 11.4. The van der Waals surface area contributed by atoms with Crippen LogP contribution in [0.1, 0.15) is 46.2 Å². The number of aromatic nitrogens is 1. The maximum Gasteiger partial charge on any atom is 0.252 e. The minimum atomic E-state index is -3.85. The van der Waals surface area contributed by atoms with Crippen molar-refractivity contribution in [2.75, 3.05) is 13.2 Å². The highest BCUT2D eigenvalue weighted by Gasteiger charge is 2.32. The van der Waals surface area contributed by atoms with Crippen LogP contribution < -0.4 is 5.56 Å². The van der Waals surface area contributed by atoms with E-state index in [0.29, 0.717) is 28.2 Å². The van der Waals surface area contributed by atoms with Crippen LogP contribution in [0.5, 0.6) is 0 Å². The largest absolute Gasteiger partial charge is 0.377 e. The Kier molecular flexibility index (Phi) is 6.49. The van der Waals surface area contributed by atoms with Gasteiger partial charge in [-0.1, -0.05) is 23.8 Å². The number of nitrogens with zero attached hydrogens (tertiary/aromatic N) is 1. The van der Waals surface area contributed by atoms with E-state index in [0.717, 1.165) is 40.4 Å². The molecule has 0 spiro atoms. The van der Waals surface area contributed by atoms with Crippen LogP contribution >= 0.6 is 0 Å². The Balaban J connectivity index is 1.80. The normalized spacial score (nSPS) is 16.7. The second-order valence-corrected chi connectivity index (χ2v) is 11.2. The highest BCUT2D eigenvalue weighted by atomic mass is 32.2. The van der Waals surface area contributed by atoms with Gasteiger partial charge in [0, 0.05) is 36.2 Å². The van der Waals surface area contributed by atoms with Crippen LogP contribution in [0.25, 0.3) is 10.9 Å². The van der Waals surface area contributed by atoms with Crippen LogP contribution in [-0.4, -0.2) is 37.0 Å². The molecule has 0 saturated carbocycles. The number of nitrogens with one attached hydrogen (secondary N) is 1. The Morgan fingerprint density at radius 1 is 0.970 bits per heavy atom. The summed E-state index contributed by atoms with van der Waals surface area (Å²) in [5, 5.41) is 0.923. The summed E-state index contributed by atoms with van der Waals surface area (Å²) in [6.07, 6.45) is 1.55. The third kappa shape index (κ3) is 4.76. The molecule has 1 aromatic heterocycles. The average molecular weight is 469 g/mol. The van der Waals surface area contributed by atoms with Crippen molar-refractivity contribution >= 4 is 20.9 Å². The average Bonchev–Trinajstić information content (AvgIpc) is 3.20. The van der Waals surface area contributed by atoms with Crippen LogP contribution in [0.4, 0.5) is 0 Å². The first kappa shape index (κ1) is 23.7. The molecule has 3 aromatic rings.